The van der Waals surface area contributed by atoms with Crippen LogP contribution in [0.3, 0.4) is 0 Å². The van der Waals surface area contributed by atoms with E-state index in [1.54, 1.807) is 14.2 Å². The number of aryl methyl sites for hydroxylation is 1. The van der Waals surface area contributed by atoms with Crippen LogP contribution in [0.15, 0.2) is 24.3 Å². The lowest BCUT2D eigenvalue weighted by Crippen LogP contribution is -2.67. The molecule has 5 N–H and O–H groups in total. The first kappa shape index (κ1) is 37.3. The molecule has 16 heteroatoms. The zero-order valence-electron chi connectivity index (χ0n) is 33.6. The minimum absolute atomic E-state index is 0.0505. The summed E-state index contributed by atoms with van der Waals surface area (Å²) in [6, 6.07) is 5.42. The zero-order valence-corrected chi connectivity index (χ0v) is 34.4. The average Bonchev–Trinajstić information content (AvgIpc) is 3.95. The summed E-state index contributed by atoms with van der Waals surface area (Å²) in [5, 5.41) is 39.9. The predicted molar refractivity (Wildman–Crippen MR) is 213 cm³/mol. The molecular weight excluding hydrogens is 781 g/mol. The lowest BCUT2D eigenvalue weighted by atomic mass is 9.75. The van der Waals surface area contributed by atoms with Gasteiger partial charge in [0.15, 0.2) is 28.5 Å². The largest absolute Gasteiger partial charge is 0.504 e. The van der Waals surface area contributed by atoms with Crippen LogP contribution in [-0.2, 0) is 31.8 Å². The molecule has 1 aromatic heterocycles. The minimum Gasteiger partial charge on any atom is -0.504 e. The second-order valence-electron chi connectivity index (χ2n) is 17.2. The van der Waals surface area contributed by atoms with Crippen LogP contribution < -0.4 is 29.0 Å². The number of hydrogen-bond acceptors (Lipinski definition) is 15. The molecule has 0 radical (unpaired) electrons. The number of H-pyrrole nitrogens is 1. The molecular formula is C43H46N4O11S. The quantitative estimate of drug-likeness (QED) is 0.147. The molecule has 310 valence electrons. The number of esters is 2. The highest BCUT2D eigenvalue weighted by molar-refractivity contribution is 7.99. The number of rotatable bonds is 4. The number of aliphatic hydroxyl groups is 2. The third-order valence-corrected chi connectivity index (χ3v) is 15.6. The average molecular weight is 827 g/mol. The van der Waals surface area contributed by atoms with Gasteiger partial charge in [0.25, 0.3) is 0 Å². The third-order valence-electron chi connectivity index (χ3n) is 14.1. The topological polar surface area (TPSA) is 185 Å². The van der Waals surface area contributed by atoms with Crippen molar-refractivity contribution in [2.75, 3.05) is 46.5 Å². The van der Waals surface area contributed by atoms with Gasteiger partial charge in [-0.3, -0.25) is 19.9 Å². The van der Waals surface area contributed by atoms with Gasteiger partial charge in [-0.1, -0.05) is 0 Å². The summed E-state index contributed by atoms with van der Waals surface area (Å²) >= 11 is 1.48. The smallest absolute Gasteiger partial charge is 0.333 e. The molecule has 15 nitrogen and oxygen atoms in total. The second kappa shape index (κ2) is 12.4. The van der Waals surface area contributed by atoms with Gasteiger partial charge in [-0.05, 0) is 68.1 Å². The predicted octanol–water partition coefficient (Wildman–Crippen LogP) is 4.00. The van der Waals surface area contributed by atoms with Gasteiger partial charge in [0.2, 0.25) is 6.79 Å². The maximum Gasteiger partial charge on any atom is 0.333 e. The molecule has 4 bridgehead atoms. The van der Waals surface area contributed by atoms with Crippen LogP contribution in [0.4, 0.5) is 0 Å². The van der Waals surface area contributed by atoms with E-state index in [2.05, 4.69) is 33.1 Å². The lowest BCUT2D eigenvalue weighted by molar-refractivity contribution is -0.196. The normalized spacial score (nSPS) is 32.4. The summed E-state index contributed by atoms with van der Waals surface area (Å²) in [4.78, 5) is 36.1. The molecule has 8 atom stereocenters. The summed E-state index contributed by atoms with van der Waals surface area (Å²) in [6.45, 7) is 6.96. The molecule has 59 heavy (non-hydrogen) atoms. The first-order chi connectivity index (χ1) is 28.3. The first-order valence-corrected chi connectivity index (χ1v) is 21.0. The molecule has 3 aromatic carbocycles. The molecule has 4 aromatic rings. The van der Waals surface area contributed by atoms with Crippen LogP contribution in [0.5, 0.6) is 34.5 Å². The Labute approximate surface area is 343 Å². The molecule has 8 aliphatic rings. The van der Waals surface area contributed by atoms with Gasteiger partial charge in [0.05, 0.1) is 43.9 Å². The fourth-order valence-electron chi connectivity index (χ4n) is 12.0. The van der Waals surface area contributed by atoms with E-state index >= 15 is 4.79 Å². The summed E-state index contributed by atoms with van der Waals surface area (Å²) in [5.41, 5.74) is 3.08. The van der Waals surface area contributed by atoms with E-state index in [9.17, 15) is 20.1 Å². The van der Waals surface area contributed by atoms with Gasteiger partial charge in [-0.15, -0.1) is 11.8 Å². The molecule has 9 heterocycles. The molecule has 0 amide bonds. The number of aromatic nitrogens is 1. The summed E-state index contributed by atoms with van der Waals surface area (Å²) in [6.07, 6.45) is 0.749. The number of benzene rings is 3. The van der Waals surface area contributed by atoms with Crippen molar-refractivity contribution in [2.45, 2.75) is 86.8 Å². The van der Waals surface area contributed by atoms with E-state index in [1.165, 1.54) is 18.7 Å². The van der Waals surface area contributed by atoms with Crippen molar-refractivity contribution in [3.63, 3.8) is 0 Å². The molecule has 0 aliphatic carbocycles. The Balaban J connectivity index is 1.18. The number of nitrogens with zero attached hydrogens (tertiary/aromatic N) is 2. The lowest BCUT2D eigenvalue weighted by Gasteiger charge is -2.59. The van der Waals surface area contributed by atoms with Crippen LogP contribution >= 0.6 is 11.8 Å². The SMILES string of the molecule is COc1ccc2[nH]c3c(c2c1)C[C@@H](CO)N[C@]31CS[C@@H]2c3c(OC(C)=O)c(C)c4c(c3[C@H](COC1=O)N1C2[C@H]2c3c(cc(C)c(OC)c3O)[C@@]3(C)C[C@]1(O)CN23)OCO4. The Kier molecular flexibility index (Phi) is 7.86. The number of methoxy groups -OCH3 is 2. The highest BCUT2D eigenvalue weighted by Crippen LogP contribution is 2.71. The van der Waals surface area contributed by atoms with E-state index in [0.717, 1.165) is 33.2 Å². The molecule has 8 aliphatic heterocycles. The number of fused-ring (bicyclic) bond motifs is 11. The van der Waals surface area contributed by atoms with Crippen LogP contribution in [0.1, 0.15) is 82.2 Å². The molecule has 3 fully saturated rings. The maximum atomic E-state index is 15.1. The van der Waals surface area contributed by atoms with E-state index < -0.39 is 58.2 Å². The van der Waals surface area contributed by atoms with Gasteiger partial charge in [0.1, 0.15) is 23.8 Å². The number of nitrogens with one attached hydrogen (secondary N) is 2. The Bertz CT molecular complexity index is 2540. The fraction of sp³-hybridized carbons (Fsp3) is 0.488. The van der Waals surface area contributed by atoms with E-state index in [1.807, 2.05) is 32.0 Å². The standard InChI is InChI=1S/C43H46N4O11S/c1-18-9-25-28(33(50)34(18)54-6)31-32-38-30-29(37-36(56-17-57-37)19(2)35(30)58-20(3)49)27(47(32)42(52)14-41(25,4)46(31)15-42)13-55-40(51)43(16-59-38)39-24(10-21(12-48)45-43)23-11-22(53-5)7-8-26(23)44-39/h7-9,11,21,27,31-32,38,44-45,48,50,52H,10,12-17H2,1-6H3/t21-,27-,31+,32?,38+,41+,42-,43+/m0/s1. The maximum absolute atomic E-state index is 15.1. The van der Waals surface area contributed by atoms with Crippen molar-refractivity contribution in [2.24, 2.45) is 0 Å². The van der Waals surface area contributed by atoms with Gasteiger partial charge >= 0.3 is 11.9 Å². The van der Waals surface area contributed by atoms with Gasteiger partial charge in [0, 0.05) is 76.4 Å². The number of carbonyl (C=O) groups is 2. The van der Waals surface area contributed by atoms with Gasteiger partial charge in [-0.25, -0.2) is 4.79 Å². The fourth-order valence-corrected chi connectivity index (χ4v) is 13.6. The first-order valence-electron chi connectivity index (χ1n) is 20.0. The van der Waals surface area contributed by atoms with E-state index in [0.29, 0.717) is 64.0 Å². The minimum atomic E-state index is -1.47. The summed E-state index contributed by atoms with van der Waals surface area (Å²) in [5.74, 6) is 1.35. The Morgan fingerprint density at radius 1 is 1.07 bits per heavy atom. The highest BCUT2D eigenvalue weighted by Gasteiger charge is 2.72. The number of phenolic OH excluding ortho intramolecular Hbond substituents is 1. The van der Waals surface area contributed by atoms with Crippen molar-refractivity contribution in [1.82, 2.24) is 20.1 Å². The van der Waals surface area contributed by atoms with Crippen molar-refractivity contribution < 1.29 is 53.3 Å². The number of aliphatic hydroxyl groups excluding tert-OH is 1. The molecule has 3 saturated heterocycles. The number of aromatic amines is 1. The Morgan fingerprint density at radius 3 is 2.61 bits per heavy atom. The summed E-state index contributed by atoms with van der Waals surface area (Å²) in [7, 11) is 3.15. The third kappa shape index (κ3) is 4.67. The van der Waals surface area contributed by atoms with Crippen LogP contribution in [-0.4, -0.2) is 106 Å². The number of aromatic hydroxyl groups is 1. The Morgan fingerprint density at radius 2 is 1.86 bits per heavy atom. The number of hydrogen-bond donors (Lipinski definition) is 5. The van der Waals surface area contributed by atoms with Gasteiger partial charge in [-0.2, -0.15) is 0 Å². The second-order valence-corrected chi connectivity index (χ2v) is 18.4. The highest BCUT2D eigenvalue weighted by atomic mass is 32.2. The van der Waals surface area contributed by atoms with Crippen LogP contribution in [0, 0.1) is 13.8 Å². The van der Waals surface area contributed by atoms with Crippen LogP contribution in [0.2, 0.25) is 0 Å². The molecule has 0 saturated carbocycles. The number of ether oxygens (including phenoxy) is 6. The molecule has 1 spiro atoms. The van der Waals surface area contributed by atoms with Crippen molar-refractivity contribution in [1.29, 1.82) is 0 Å². The summed E-state index contributed by atoms with van der Waals surface area (Å²) < 4.78 is 36.5. The van der Waals surface area contributed by atoms with Crippen molar-refractivity contribution in [3.05, 3.63) is 68.9 Å². The van der Waals surface area contributed by atoms with Crippen LogP contribution in [0.25, 0.3) is 10.9 Å². The number of carbonyl (C=O) groups excluding carboxylic acids is 2. The van der Waals surface area contributed by atoms with Crippen molar-refractivity contribution >= 4 is 34.6 Å². The van der Waals surface area contributed by atoms with E-state index in [-0.39, 0.29) is 38.1 Å². The zero-order chi connectivity index (χ0) is 41.1. The van der Waals surface area contributed by atoms with E-state index in [4.69, 9.17) is 28.4 Å². The molecule has 12 rings (SSSR count). The monoisotopic (exact) mass is 826 g/mol. The molecule has 1 unspecified atom stereocenters. The Hall–Kier alpha value is -4.71. The number of piperazine rings is 1. The van der Waals surface area contributed by atoms with Crippen molar-refractivity contribution in [3.8, 4) is 34.5 Å². The number of phenols is 1. The number of thioether (sulfide) groups is 1. The van der Waals surface area contributed by atoms with Gasteiger partial charge < -0.3 is 48.7 Å².